The number of aryl methyl sites for hydroxylation is 2. The number of carboxylic acids is 1. The minimum absolute atomic E-state index is 0.0316. The average molecular weight is 516 g/mol. The first-order valence-corrected chi connectivity index (χ1v) is 13.5. The van der Waals surface area contributed by atoms with Crippen molar-refractivity contribution in [2.45, 2.75) is 60.3 Å². The summed E-state index contributed by atoms with van der Waals surface area (Å²) in [5, 5.41) is 9.73. The Balaban J connectivity index is 0.00000161. The monoisotopic (exact) mass is 515 g/mol. The number of carboxylic acid groups (broad SMARTS) is 1. The van der Waals surface area contributed by atoms with Crippen LogP contribution in [0.15, 0.2) is 72.8 Å². The largest absolute Gasteiger partial charge is 0.481 e. The molecule has 0 aromatic heterocycles. The van der Waals surface area contributed by atoms with Crippen LogP contribution in [0.1, 0.15) is 78.8 Å². The van der Waals surface area contributed by atoms with E-state index in [9.17, 15) is 19.5 Å². The van der Waals surface area contributed by atoms with Gasteiger partial charge in [0.15, 0.2) is 5.78 Å². The summed E-state index contributed by atoms with van der Waals surface area (Å²) in [4.78, 5) is 39.1. The van der Waals surface area contributed by atoms with Crippen LogP contribution in [0.25, 0.3) is 11.1 Å². The Bertz CT molecular complexity index is 1180. The molecule has 0 heterocycles. The van der Waals surface area contributed by atoms with Crippen molar-refractivity contribution < 1.29 is 19.5 Å². The van der Waals surface area contributed by atoms with Gasteiger partial charge >= 0.3 is 5.97 Å². The van der Waals surface area contributed by atoms with Crippen molar-refractivity contribution in [2.24, 2.45) is 5.92 Å². The third-order valence-corrected chi connectivity index (χ3v) is 6.38. The van der Waals surface area contributed by atoms with Gasteiger partial charge in [0.1, 0.15) is 0 Å². The quantitative estimate of drug-likeness (QED) is 0.269. The molecule has 0 spiro atoms. The van der Waals surface area contributed by atoms with Gasteiger partial charge in [-0.3, -0.25) is 14.4 Å². The smallest absolute Gasteiger partial charge is 0.306 e. The number of nitrogens with zero attached hydrogens (tertiary/aromatic N) is 1. The normalized spacial score (nSPS) is 11.2. The highest BCUT2D eigenvalue weighted by Crippen LogP contribution is 2.23. The molecule has 0 aliphatic rings. The number of carbonyl (C=O) groups excluding carboxylic acids is 2. The lowest BCUT2D eigenvalue weighted by Crippen LogP contribution is -2.30. The molecule has 5 nitrogen and oxygen atoms in total. The minimum Gasteiger partial charge on any atom is -0.481 e. The molecule has 0 bridgehead atoms. The molecule has 202 valence electrons. The lowest BCUT2D eigenvalue weighted by atomic mass is 9.91. The zero-order valence-electron chi connectivity index (χ0n) is 23.4. The van der Waals surface area contributed by atoms with E-state index in [2.05, 4.69) is 13.8 Å². The molecule has 3 aromatic carbocycles. The van der Waals surface area contributed by atoms with Crippen LogP contribution in [0.3, 0.4) is 0 Å². The Labute approximate surface area is 227 Å². The number of rotatable bonds is 11. The predicted molar refractivity (Wildman–Crippen MR) is 155 cm³/mol. The van der Waals surface area contributed by atoms with Gasteiger partial charge in [-0.25, -0.2) is 0 Å². The molecule has 1 amide bonds. The second kappa shape index (κ2) is 15.5. The summed E-state index contributed by atoms with van der Waals surface area (Å²) in [6, 6.07) is 22.8. The van der Waals surface area contributed by atoms with E-state index >= 15 is 0 Å². The van der Waals surface area contributed by atoms with E-state index in [1.54, 1.807) is 23.1 Å². The van der Waals surface area contributed by atoms with Crippen LogP contribution >= 0.6 is 0 Å². The number of hydrogen-bond donors (Lipinski definition) is 1. The van der Waals surface area contributed by atoms with E-state index in [0.29, 0.717) is 37.1 Å². The highest BCUT2D eigenvalue weighted by Gasteiger charge is 2.22. The SMILES string of the molecule is CCC.CCN(CC)C(=O)c1cccc(CCC(CC(=O)c2ccc(-c3ccc(C)cc3)cc2)C(=O)O)c1. The molecular formula is C33H41NO4. The fourth-order valence-electron chi connectivity index (χ4n) is 4.14. The van der Waals surface area contributed by atoms with E-state index < -0.39 is 11.9 Å². The van der Waals surface area contributed by atoms with Crippen LogP contribution in [-0.2, 0) is 11.2 Å². The molecule has 1 atom stereocenters. The van der Waals surface area contributed by atoms with Gasteiger partial charge in [0.2, 0.25) is 0 Å². The Hall–Kier alpha value is -3.73. The van der Waals surface area contributed by atoms with Gasteiger partial charge < -0.3 is 10.0 Å². The maximum absolute atomic E-state index is 12.8. The zero-order valence-corrected chi connectivity index (χ0v) is 23.4. The predicted octanol–water partition coefficient (Wildman–Crippen LogP) is 7.47. The van der Waals surface area contributed by atoms with E-state index in [1.165, 1.54) is 12.0 Å². The van der Waals surface area contributed by atoms with E-state index in [1.807, 2.05) is 75.4 Å². The Morgan fingerprint density at radius 2 is 1.34 bits per heavy atom. The van der Waals surface area contributed by atoms with Crippen LogP contribution < -0.4 is 0 Å². The van der Waals surface area contributed by atoms with Crippen molar-refractivity contribution in [3.05, 3.63) is 95.1 Å². The third-order valence-electron chi connectivity index (χ3n) is 6.38. The average Bonchev–Trinajstić information content (AvgIpc) is 2.92. The van der Waals surface area contributed by atoms with Gasteiger partial charge in [0, 0.05) is 30.6 Å². The Kier molecular flexibility index (Phi) is 12.4. The summed E-state index contributed by atoms with van der Waals surface area (Å²) < 4.78 is 0. The highest BCUT2D eigenvalue weighted by molar-refractivity contribution is 5.98. The Morgan fingerprint density at radius 3 is 1.87 bits per heavy atom. The minimum atomic E-state index is -0.981. The first-order valence-electron chi connectivity index (χ1n) is 13.5. The summed E-state index contributed by atoms with van der Waals surface area (Å²) in [6.45, 7) is 11.4. The van der Waals surface area contributed by atoms with Crippen molar-refractivity contribution in [1.82, 2.24) is 4.90 Å². The molecule has 0 radical (unpaired) electrons. The van der Waals surface area contributed by atoms with Crippen molar-refractivity contribution in [1.29, 1.82) is 0 Å². The van der Waals surface area contributed by atoms with Gasteiger partial charge in [0.05, 0.1) is 5.92 Å². The maximum Gasteiger partial charge on any atom is 0.306 e. The third kappa shape index (κ3) is 8.98. The first kappa shape index (κ1) is 30.5. The molecule has 5 heteroatoms. The number of amides is 1. The molecule has 0 aliphatic carbocycles. The summed E-state index contributed by atoms with van der Waals surface area (Å²) >= 11 is 0. The number of Topliss-reactive ketones (excluding diaryl/α,β-unsaturated/α-hetero) is 1. The van der Waals surface area contributed by atoms with Crippen molar-refractivity contribution in [3.63, 3.8) is 0 Å². The number of aliphatic carboxylic acids is 1. The van der Waals surface area contributed by atoms with Crippen molar-refractivity contribution >= 4 is 17.7 Å². The molecule has 0 fully saturated rings. The second-order valence-electron chi connectivity index (χ2n) is 9.53. The molecule has 38 heavy (non-hydrogen) atoms. The zero-order chi connectivity index (χ0) is 28.1. The molecule has 1 N–H and O–H groups in total. The molecule has 3 rings (SSSR count). The summed E-state index contributed by atoms with van der Waals surface area (Å²) in [5.41, 5.74) is 5.27. The van der Waals surface area contributed by atoms with Gasteiger partial charge in [-0.05, 0) is 62.4 Å². The molecule has 0 aliphatic heterocycles. The highest BCUT2D eigenvalue weighted by atomic mass is 16.4. The van der Waals surface area contributed by atoms with E-state index in [-0.39, 0.29) is 18.1 Å². The Morgan fingerprint density at radius 1 is 0.789 bits per heavy atom. The second-order valence-corrected chi connectivity index (χ2v) is 9.53. The van der Waals surface area contributed by atoms with Gasteiger partial charge in [-0.2, -0.15) is 0 Å². The first-order chi connectivity index (χ1) is 18.2. The van der Waals surface area contributed by atoms with Crippen LogP contribution in [0.4, 0.5) is 0 Å². The molecular weight excluding hydrogens is 474 g/mol. The molecule has 0 saturated heterocycles. The fraction of sp³-hybridized carbons (Fsp3) is 0.364. The summed E-state index contributed by atoms with van der Waals surface area (Å²) in [7, 11) is 0. The van der Waals surface area contributed by atoms with Crippen molar-refractivity contribution in [2.75, 3.05) is 13.1 Å². The van der Waals surface area contributed by atoms with E-state index in [4.69, 9.17) is 0 Å². The van der Waals surface area contributed by atoms with Crippen LogP contribution in [-0.4, -0.2) is 40.8 Å². The van der Waals surface area contributed by atoms with Crippen LogP contribution in [0.2, 0.25) is 0 Å². The lowest BCUT2D eigenvalue weighted by Gasteiger charge is -2.19. The lowest BCUT2D eigenvalue weighted by molar-refractivity contribution is -0.141. The topological polar surface area (TPSA) is 74.7 Å². The number of carbonyl (C=O) groups is 3. The van der Waals surface area contributed by atoms with Crippen molar-refractivity contribution in [3.8, 4) is 11.1 Å². The number of hydrogen-bond acceptors (Lipinski definition) is 3. The van der Waals surface area contributed by atoms with Gasteiger partial charge in [0.25, 0.3) is 5.91 Å². The van der Waals surface area contributed by atoms with Crippen LogP contribution in [0.5, 0.6) is 0 Å². The maximum atomic E-state index is 12.8. The number of ketones is 1. The molecule has 1 unspecified atom stereocenters. The van der Waals surface area contributed by atoms with Crippen LogP contribution in [0, 0.1) is 12.8 Å². The summed E-state index contributed by atoms with van der Waals surface area (Å²) in [6.07, 6.45) is 2.00. The van der Waals surface area contributed by atoms with E-state index in [0.717, 1.165) is 16.7 Å². The molecule has 0 saturated carbocycles. The molecule has 3 aromatic rings. The summed E-state index contributed by atoms with van der Waals surface area (Å²) in [5.74, 6) is -1.99. The van der Waals surface area contributed by atoms with Gasteiger partial charge in [-0.15, -0.1) is 0 Å². The number of benzene rings is 3. The standard InChI is InChI=1S/C30H33NO4.C3H8/c1-4-31(5-2)29(33)26-8-6-7-22(19-26)11-14-27(30(34)35)20-28(32)25-17-15-24(16-18-25)23-12-9-21(3)10-13-23;1-3-2/h6-10,12-13,15-19,27H,4-5,11,14,20H2,1-3H3,(H,34,35);3H2,1-2H3. The fourth-order valence-corrected chi connectivity index (χ4v) is 4.14. The van der Waals surface area contributed by atoms with Gasteiger partial charge in [-0.1, -0.05) is 86.5 Å².